The standard InChI is InChI=1S/C72H78N2O8S2/c1-5-9-21-79-49-15-13-45(57(31-49)81-23-11-7-3)39-73-67(75)53-19-17-51-61-52(18-20-54(62(53)61)68(73)76)65-60(84-72-37-43-26-44(38-72)30-48(72)29-43)34-56-63-55(33-59(64(51)66(63)65)83-71-35-41-25-42(36-71)28-47(71)27-41)69(77)74(70(56)78)40-46-14-16-50(80-22-10-6-2)32-58(46)82-24-12-8-4/h13-20,31-34,41-44,47-48H,5-12,21-30,35-40H2,1-4H3. The molecule has 8 bridgehead atoms. The van der Waals surface area contributed by atoms with Gasteiger partial charge >= 0.3 is 0 Å². The molecule has 0 spiro atoms. The molecule has 2 heterocycles. The van der Waals surface area contributed by atoms with Crippen LogP contribution in [-0.2, 0) is 13.1 Å². The Bertz CT molecular complexity index is 3660. The van der Waals surface area contributed by atoms with Crippen LogP contribution >= 0.6 is 23.5 Å². The third kappa shape index (κ3) is 8.84. The van der Waals surface area contributed by atoms with E-state index in [1.807, 2.05) is 72.1 Å². The van der Waals surface area contributed by atoms with E-state index < -0.39 is 0 Å². The van der Waals surface area contributed by atoms with Gasteiger partial charge in [-0.2, -0.15) is 0 Å². The van der Waals surface area contributed by atoms with Crippen molar-refractivity contribution < 1.29 is 38.1 Å². The van der Waals surface area contributed by atoms with E-state index in [-0.39, 0.29) is 46.2 Å². The van der Waals surface area contributed by atoms with Crippen LogP contribution in [0.15, 0.2) is 82.6 Å². The van der Waals surface area contributed by atoms with Gasteiger partial charge in [-0.25, -0.2) is 0 Å². The van der Waals surface area contributed by atoms with E-state index in [0.717, 1.165) is 136 Å². The van der Waals surface area contributed by atoms with E-state index >= 15 is 19.2 Å². The molecule has 0 saturated heterocycles. The number of unbranched alkanes of at least 4 members (excludes halogenated alkanes) is 4. The zero-order valence-electron chi connectivity index (χ0n) is 49.3. The lowest BCUT2D eigenvalue weighted by Gasteiger charge is -2.36. The van der Waals surface area contributed by atoms with Gasteiger partial charge in [-0.05, 0) is 190 Å². The van der Waals surface area contributed by atoms with Gasteiger partial charge in [-0.1, -0.05) is 65.5 Å². The Kier molecular flexibility index (Phi) is 14.0. The second-order valence-corrected chi connectivity index (χ2v) is 29.5. The number of fused-ring (bicyclic) bond motifs is 2. The fraction of sp³-hybridized carbons (Fsp3) is 0.500. The highest BCUT2D eigenvalue weighted by Gasteiger charge is 2.60. The monoisotopic (exact) mass is 1160 g/mol. The van der Waals surface area contributed by atoms with E-state index in [1.165, 1.54) is 48.3 Å². The van der Waals surface area contributed by atoms with Gasteiger partial charge in [-0.3, -0.25) is 29.0 Å². The number of carbonyl (C=O) groups excluding carboxylic acids is 4. The van der Waals surface area contributed by atoms with E-state index in [4.69, 9.17) is 18.9 Å². The number of hydrogen-bond acceptors (Lipinski definition) is 10. The number of ether oxygens (including phenoxy) is 4. The van der Waals surface area contributed by atoms with Gasteiger partial charge < -0.3 is 18.9 Å². The fourth-order valence-electron chi connectivity index (χ4n) is 17.6. The molecular weight excluding hydrogens is 1080 g/mol. The van der Waals surface area contributed by atoms with Crippen LogP contribution < -0.4 is 18.9 Å². The smallest absolute Gasteiger partial charge is 0.261 e. The largest absolute Gasteiger partial charge is 0.493 e. The van der Waals surface area contributed by atoms with Gasteiger partial charge in [0.1, 0.15) is 23.0 Å². The Hall–Kier alpha value is -5.98. The highest BCUT2D eigenvalue weighted by atomic mass is 32.2. The quantitative estimate of drug-likeness (QED) is 0.0251. The maximum absolute atomic E-state index is 15.9. The van der Waals surface area contributed by atoms with Gasteiger partial charge in [0.25, 0.3) is 23.6 Å². The highest BCUT2D eigenvalue weighted by molar-refractivity contribution is 8.01. The molecule has 4 unspecified atom stereocenters. The average molecular weight is 1160 g/mol. The lowest BCUT2D eigenvalue weighted by Crippen LogP contribution is -2.40. The second-order valence-electron chi connectivity index (χ2n) is 26.6. The summed E-state index contributed by atoms with van der Waals surface area (Å²) in [5.41, 5.74) is 3.67. The van der Waals surface area contributed by atoms with Crippen molar-refractivity contribution >= 4 is 90.2 Å². The third-order valence-corrected chi connectivity index (χ3v) is 24.4. The molecule has 0 aromatic heterocycles. The van der Waals surface area contributed by atoms with Gasteiger partial charge in [0.2, 0.25) is 0 Å². The van der Waals surface area contributed by atoms with E-state index in [0.29, 0.717) is 113 Å². The topological polar surface area (TPSA) is 112 Å². The summed E-state index contributed by atoms with van der Waals surface area (Å²) >= 11 is 4.01. The molecule has 436 valence electrons. The van der Waals surface area contributed by atoms with Crippen LogP contribution in [0.1, 0.15) is 196 Å². The van der Waals surface area contributed by atoms with E-state index in [1.54, 1.807) is 0 Å². The first kappa shape index (κ1) is 54.7. The number of imide groups is 2. The van der Waals surface area contributed by atoms with Crippen LogP contribution in [0.3, 0.4) is 0 Å². The van der Waals surface area contributed by atoms with Gasteiger partial charge in [0.15, 0.2) is 0 Å². The minimum absolute atomic E-state index is 0.0393. The summed E-state index contributed by atoms with van der Waals surface area (Å²) in [6.45, 7) is 10.9. The molecule has 2 aliphatic heterocycles. The van der Waals surface area contributed by atoms with Gasteiger partial charge in [0.05, 0.1) is 39.5 Å². The molecule has 8 saturated carbocycles. The zero-order valence-corrected chi connectivity index (χ0v) is 51.0. The molecule has 7 aromatic carbocycles. The Morgan fingerprint density at radius 1 is 0.417 bits per heavy atom. The molecule has 0 radical (unpaired) electrons. The molecule has 17 rings (SSSR count). The molecule has 0 N–H and O–H groups in total. The molecule has 12 heteroatoms. The normalized spacial score (nSPS) is 26.0. The van der Waals surface area contributed by atoms with Crippen molar-refractivity contribution in [3.63, 3.8) is 0 Å². The average Bonchev–Trinajstić information content (AvgIpc) is 0.856. The molecular formula is C72H78N2O8S2. The Labute approximate surface area is 502 Å². The fourth-order valence-corrected chi connectivity index (χ4v) is 21.4. The second kappa shape index (κ2) is 21.5. The van der Waals surface area contributed by atoms with Crippen LogP contribution in [-0.4, -0.2) is 69.4 Å². The Balaban J connectivity index is 0.915. The lowest BCUT2D eigenvalue weighted by molar-refractivity contribution is 0.0581. The predicted octanol–water partition coefficient (Wildman–Crippen LogP) is 17.4. The Morgan fingerprint density at radius 2 is 0.798 bits per heavy atom. The van der Waals surface area contributed by atoms with Crippen molar-refractivity contribution in [1.29, 1.82) is 0 Å². The minimum Gasteiger partial charge on any atom is -0.493 e. The van der Waals surface area contributed by atoms with Crippen molar-refractivity contribution in [2.45, 2.75) is 176 Å². The SMILES string of the molecule is CCCCOc1ccc(CN2C(=O)c3ccc4c5c(SC67CC8CC(CC6C8)C7)cc6c7c(cc(SC89CC%10CC(CC8C%10)C9)c(c8ccc(c3c48)C2=O)c75)C(=O)N(Cc2ccc(OCCCC)cc2OCCCC)C6=O)c(OCCCC)c1. The van der Waals surface area contributed by atoms with Crippen molar-refractivity contribution in [2.75, 3.05) is 26.4 Å². The number of carbonyl (C=O) groups is 4. The zero-order chi connectivity index (χ0) is 57.2. The van der Waals surface area contributed by atoms with Crippen LogP contribution in [0.25, 0.3) is 43.1 Å². The van der Waals surface area contributed by atoms with Crippen molar-refractivity contribution in [3.05, 3.63) is 106 Å². The summed E-state index contributed by atoms with van der Waals surface area (Å²) in [7, 11) is 0. The van der Waals surface area contributed by atoms with Gasteiger partial charge in [0, 0.05) is 91.7 Å². The van der Waals surface area contributed by atoms with Crippen molar-refractivity contribution in [1.82, 2.24) is 9.80 Å². The summed E-state index contributed by atoms with van der Waals surface area (Å²) in [6, 6.07) is 24.1. The molecule has 10 aliphatic rings. The number of thioether (sulfide) groups is 2. The highest BCUT2D eigenvalue weighted by Crippen LogP contribution is 2.70. The molecule has 8 aliphatic carbocycles. The first-order valence-electron chi connectivity index (χ1n) is 32.1. The van der Waals surface area contributed by atoms with Crippen molar-refractivity contribution in [3.8, 4) is 23.0 Å². The predicted molar refractivity (Wildman–Crippen MR) is 335 cm³/mol. The van der Waals surface area contributed by atoms with Gasteiger partial charge in [-0.15, -0.1) is 23.5 Å². The summed E-state index contributed by atoms with van der Waals surface area (Å²) < 4.78 is 25.3. The van der Waals surface area contributed by atoms with Crippen LogP contribution in [0.5, 0.6) is 23.0 Å². The molecule has 84 heavy (non-hydrogen) atoms. The summed E-state index contributed by atoms with van der Waals surface area (Å²) in [5.74, 6) is 5.48. The molecule has 7 aromatic rings. The maximum Gasteiger partial charge on any atom is 0.261 e. The van der Waals surface area contributed by atoms with E-state index in [2.05, 4.69) is 52.0 Å². The molecule has 4 amide bonds. The number of rotatable bonds is 24. The van der Waals surface area contributed by atoms with Crippen molar-refractivity contribution in [2.24, 2.45) is 35.5 Å². The number of hydrogen-bond donors (Lipinski definition) is 0. The summed E-state index contributed by atoms with van der Waals surface area (Å²) in [4.78, 5) is 67.5. The third-order valence-electron chi connectivity index (χ3n) is 21.2. The van der Waals surface area contributed by atoms with Crippen LogP contribution in [0.2, 0.25) is 0 Å². The minimum atomic E-state index is -0.330. The maximum atomic E-state index is 15.9. The molecule has 4 atom stereocenters. The first-order valence-corrected chi connectivity index (χ1v) is 33.8. The summed E-state index contributed by atoms with van der Waals surface area (Å²) in [5, 5.41) is 7.31. The number of nitrogens with zero attached hydrogens (tertiary/aromatic N) is 2. The number of amides is 4. The summed E-state index contributed by atoms with van der Waals surface area (Å²) in [6.07, 6.45) is 19.9. The van der Waals surface area contributed by atoms with Crippen LogP contribution in [0.4, 0.5) is 0 Å². The molecule has 10 nitrogen and oxygen atoms in total. The lowest BCUT2D eigenvalue weighted by atomic mass is 9.82. The first-order chi connectivity index (χ1) is 41.0. The van der Waals surface area contributed by atoms with E-state index in [9.17, 15) is 0 Å². The van der Waals surface area contributed by atoms with Crippen LogP contribution in [0, 0.1) is 35.5 Å². The number of benzene rings is 7. The molecule has 8 fully saturated rings. The Morgan fingerprint density at radius 3 is 1.20 bits per heavy atom.